The van der Waals surface area contributed by atoms with Crippen molar-refractivity contribution >= 4 is 50.8 Å². The predicted octanol–water partition coefficient (Wildman–Crippen LogP) is 4.99. The molecule has 0 spiro atoms. The molecule has 6 heteroatoms. The van der Waals surface area contributed by atoms with Crippen molar-refractivity contribution in [1.82, 2.24) is 0 Å². The molecule has 1 N–H and O–H groups in total. The third-order valence-corrected chi connectivity index (χ3v) is 5.47. The van der Waals surface area contributed by atoms with Gasteiger partial charge in [-0.15, -0.1) is 0 Å². The van der Waals surface area contributed by atoms with E-state index in [0.29, 0.717) is 15.6 Å². The summed E-state index contributed by atoms with van der Waals surface area (Å²) >= 11 is 2.02. The van der Waals surface area contributed by atoms with Crippen molar-refractivity contribution in [3.8, 4) is 11.1 Å². The van der Waals surface area contributed by atoms with Crippen LogP contribution in [0, 0.1) is 6.92 Å². The minimum absolute atomic E-state index is 0.0503. The van der Waals surface area contributed by atoms with Crippen LogP contribution >= 0.6 is 22.6 Å². The zero-order chi connectivity index (χ0) is 20.3. The number of amides is 1. The molecule has 0 radical (unpaired) electrons. The van der Waals surface area contributed by atoms with Crippen LogP contribution in [-0.2, 0) is 4.79 Å². The maximum atomic E-state index is 12.6. The third-order valence-electron chi connectivity index (χ3n) is 4.78. The lowest BCUT2D eigenvalue weighted by atomic mass is 10.0. The van der Waals surface area contributed by atoms with E-state index in [-0.39, 0.29) is 11.5 Å². The van der Waals surface area contributed by atoms with Crippen molar-refractivity contribution in [3.05, 3.63) is 58.4 Å². The van der Waals surface area contributed by atoms with Crippen LogP contribution in [0.4, 0.5) is 11.4 Å². The second-order valence-electron chi connectivity index (χ2n) is 6.55. The summed E-state index contributed by atoms with van der Waals surface area (Å²) in [4.78, 5) is 26.5. The number of halogens is 1. The molecule has 146 valence electrons. The molecule has 1 aromatic heterocycles. The zero-order valence-corrected chi connectivity index (χ0v) is 18.4. The topological polar surface area (TPSA) is 62.6 Å². The highest BCUT2D eigenvalue weighted by Gasteiger charge is 2.12. The van der Waals surface area contributed by atoms with Gasteiger partial charge >= 0.3 is 5.63 Å². The lowest BCUT2D eigenvalue weighted by molar-refractivity contribution is -0.113. The summed E-state index contributed by atoms with van der Waals surface area (Å²) in [7, 11) is 0. The van der Waals surface area contributed by atoms with Gasteiger partial charge in [0.05, 0.1) is 9.99 Å². The van der Waals surface area contributed by atoms with Gasteiger partial charge in [0, 0.05) is 35.9 Å². The molecule has 0 saturated heterocycles. The van der Waals surface area contributed by atoms with Crippen LogP contribution < -0.4 is 15.8 Å². The molecule has 28 heavy (non-hydrogen) atoms. The van der Waals surface area contributed by atoms with Gasteiger partial charge in [-0.1, -0.05) is 28.7 Å². The molecule has 2 aromatic carbocycles. The zero-order valence-electron chi connectivity index (χ0n) is 16.2. The number of carbonyl (C=O) groups excluding carboxylic acids is 1. The normalized spacial score (nSPS) is 10.9. The number of benzene rings is 2. The highest BCUT2D eigenvalue weighted by molar-refractivity contribution is 14.1. The smallest absolute Gasteiger partial charge is 0.344 e. The Labute approximate surface area is 177 Å². The highest BCUT2D eigenvalue weighted by atomic mass is 127. The van der Waals surface area contributed by atoms with Crippen LogP contribution in [0.2, 0.25) is 0 Å². The Balaban J connectivity index is 2.01. The van der Waals surface area contributed by atoms with Crippen molar-refractivity contribution in [1.29, 1.82) is 0 Å². The molecule has 3 aromatic rings. The first-order chi connectivity index (χ1) is 13.5. The van der Waals surface area contributed by atoms with E-state index >= 15 is 0 Å². The monoisotopic (exact) mass is 490 g/mol. The average molecular weight is 490 g/mol. The first kappa shape index (κ1) is 20.4. The van der Waals surface area contributed by atoms with E-state index in [2.05, 4.69) is 24.1 Å². The molecular weight excluding hydrogens is 467 g/mol. The number of hydrogen-bond acceptors (Lipinski definition) is 4. The molecule has 3 rings (SSSR count). The second-order valence-corrected chi connectivity index (χ2v) is 7.32. The van der Waals surface area contributed by atoms with Gasteiger partial charge in [0.2, 0.25) is 5.91 Å². The Hall–Kier alpha value is -2.35. The molecule has 0 bridgehead atoms. The number of fused-ring (bicyclic) bond motifs is 1. The number of rotatable bonds is 6. The lowest BCUT2D eigenvalue weighted by Crippen LogP contribution is -2.21. The number of aryl methyl sites for hydroxylation is 1. The first-order valence-electron chi connectivity index (χ1n) is 9.26. The van der Waals surface area contributed by atoms with E-state index in [9.17, 15) is 9.59 Å². The number of hydrogen-bond donors (Lipinski definition) is 1. The van der Waals surface area contributed by atoms with Crippen LogP contribution in [-0.4, -0.2) is 23.4 Å². The van der Waals surface area contributed by atoms with Gasteiger partial charge in [-0.05, 0) is 62.2 Å². The van der Waals surface area contributed by atoms with E-state index < -0.39 is 0 Å². The molecular formula is C22H23IN2O3. The van der Waals surface area contributed by atoms with Crippen LogP contribution in [0.15, 0.2) is 51.7 Å². The number of anilines is 2. The molecule has 0 unspecified atom stereocenters. The first-order valence-corrected chi connectivity index (χ1v) is 10.8. The molecule has 0 atom stereocenters. The molecule has 0 saturated carbocycles. The summed E-state index contributed by atoms with van der Waals surface area (Å²) in [5.41, 5.74) is 4.19. The number of alkyl halides is 1. The van der Waals surface area contributed by atoms with E-state index in [1.165, 1.54) is 0 Å². The largest absolute Gasteiger partial charge is 0.422 e. The van der Waals surface area contributed by atoms with Gasteiger partial charge in [0.1, 0.15) is 5.58 Å². The van der Waals surface area contributed by atoms with Gasteiger partial charge in [0.25, 0.3) is 0 Å². The molecule has 0 aliphatic heterocycles. The van der Waals surface area contributed by atoms with Crippen molar-refractivity contribution in [2.24, 2.45) is 0 Å². The van der Waals surface area contributed by atoms with E-state index in [0.717, 1.165) is 41.0 Å². The van der Waals surface area contributed by atoms with Crippen LogP contribution in [0.25, 0.3) is 22.1 Å². The molecule has 0 aliphatic rings. The molecule has 0 aliphatic carbocycles. The standard InChI is InChI=1S/C22H23IN2O3/c1-4-25(5-2)17-8-6-16-11-18(22(27)28-20(16)12-17)15-7-9-19(14(3)10-15)24-21(26)13-23/h6-12H,4-5,13H2,1-3H3,(H,24,26). The van der Waals surface area contributed by atoms with Gasteiger partial charge in [-0.3, -0.25) is 4.79 Å². The summed E-state index contributed by atoms with van der Waals surface area (Å²) in [6.07, 6.45) is 0. The Morgan fingerprint density at radius 1 is 1.11 bits per heavy atom. The SMILES string of the molecule is CCN(CC)c1ccc2cc(-c3ccc(NC(=O)CI)c(C)c3)c(=O)oc2c1. The van der Waals surface area contributed by atoms with Gasteiger partial charge in [-0.25, -0.2) is 4.79 Å². The third kappa shape index (κ3) is 4.22. The summed E-state index contributed by atoms with van der Waals surface area (Å²) in [6.45, 7) is 7.89. The Kier molecular flexibility index (Phi) is 6.39. The van der Waals surface area contributed by atoms with Crippen molar-refractivity contribution in [2.45, 2.75) is 20.8 Å². The molecule has 0 fully saturated rings. The summed E-state index contributed by atoms with van der Waals surface area (Å²) < 4.78 is 6.02. The van der Waals surface area contributed by atoms with Crippen molar-refractivity contribution in [2.75, 3.05) is 27.7 Å². The lowest BCUT2D eigenvalue weighted by Gasteiger charge is -2.21. The highest BCUT2D eigenvalue weighted by Crippen LogP contribution is 2.27. The average Bonchev–Trinajstić information content (AvgIpc) is 2.69. The second kappa shape index (κ2) is 8.77. The minimum atomic E-state index is -0.368. The Morgan fingerprint density at radius 3 is 2.50 bits per heavy atom. The van der Waals surface area contributed by atoms with E-state index in [1.807, 2.05) is 72.0 Å². The molecule has 1 amide bonds. The van der Waals surface area contributed by atoms with E-state index in [4.69, 9.17) is 4.42 Å². The maximum absolute atomic E-state index is 12.6. The van der Waals surface area contributed by atoms with Crippen molar-refractivity contribution < 1.29 is 9.21 Å². The number of nitrogens with zero attached hydrogens (tertiary/aromatic N) is 1. The quantitative estimate of drug-likeness (QED) is 0.301. The van der Waals surface area contributed by atoms with Crippen LogP contribution in [0.1, 0.15) is 19.4 Å². The maximum Gasteiger partial charge on any atom is 0.344 e. The molecule has 5 nitrogen and oxygen atoms in total. The fourth-order valence-corrected chi connectivity index (χ4v) is 3.43. The Bertz CT molecular complexity index is 1070. The van der Waals surface area contributed by atoms with Crippen molar-refractivity contribution in [3.63, 3.8) is 0 Å². The summed E-state index contributed by atoms with van der Waals surface area (Å²) in [5, 5.41) is 3.74. The predicted molar refractivity (Wildman–Crippen MR) is 124 cm³/mol. The van der Waals surface area contributed by atoms with Gasteiger partial charge < -0.3 is 14.6 Å². The van der Waals surface area contributed by atoms with Gasteiger partial charge in [0.15, 0.2) is 0 Å². The minimum Gasteiger partial charge on any atom is -0.422 e. The van der Waals surface area contributed by atoms with Crippen LogP contribution in [0.3, 0.4) is 0 Å². The van der Waals surface area contributed by atoms with Crippen LogP contribution in [0.5, 0.6) is 0 Å². The Morgan fingerprint density at radius 2 is 1.86 bits per heavy atom. The summed E-state index contributed by atoms with van der Waals surface area (Å²) in [6, 6.07) is 13.4. The summed E-state index contributed by atoms with van der Waals surface area (Å²) in [5.74, 6) is -0.0503. The number of carbonyl (C=O) groups is 1. The molecule has 1 heterocycles. The van der Waals surface area contributed by atoms with Gasteiger partial charge in [-0.2, -0.15) is 0 Å². The fourth-order valence-electron chi connectivity index (χ4n) is 3.24. The number of nitrogens with one attached hydrogen (secondary N) is 1. The van der Waals surface area contributed by atoms with E-state index in [1.54, 1.807) is 0 Å². The fraction of sp³-hybridized carbons (Fsp3) is 0.273.